The Bertz CT molecular complexity index is 605. The second-order valence-corrected chi connectivity index (χ2v) is 5.16. The number of aryl methyl sites for hydroxylation is 1. The predicted octanol–water partition coefficient (Wildman–Crippen LogP) is 3.70. The maximum atomic E-state index is 4.65. The van der Waals surface area contributed by atoms with Crippen molar-refractivity contribution in [1.29, 1.82) is 0 Å². The number of aromatic nitrogens is 2. The highest BCUT2D eigenvalue weighted by atomic mass is 15.1. The van der Waals surface area contributed by atoms with E-state index in [9.17, 15) is 0 Å². The molecular weight excluding hydrogens is 248 g/mol. The molecule has 104 valence electrons. The van der Waals surface area contributed by atoms with Crippen LogP contribution in [0.5, 0.6) is 0 Å². The van der Waals surface area contributed by atoms with E-state index in [2.05, 4.69) is 45.7 Å². The van der Waals surface area contributed by atoms with Gasteiger partial charge >= 0.3 is 0 Å². The summed E-state index contributed by atoms with van der Waals surface area (Å²) in [5.41, 5.74) is 2.42. The Morgan fingerprint density at radius 2 is 1.90 bits per heavy atom. The first-order valence-electron chi connectivity index (χ1n) is 7.21. The minimum atomic E-state index is 0.547. The van der Waals surface area contributed by atoms with Crippen molar-refractivity contribution in [2.24, 2.45) is 0 Å². The second kappa shape index (κ2) is 5.49. The molecule has 3 rings (SSSR count). The molecule has 1 heterocycles. The third kappa shape index (κ3) is 2.74. The van der Waals surface area contributed by atoms with Crippen LogP contribution in [0.25, 0.3) is 0 Å². The third-order valence-electron chi connectivity index (χ3n) is 3.60. The highest BCUT2D eigenvalue weighted by Crippen LogP contribution is 2.39. The van der Waals surface area contributed by atoms with Gasteiger partial charge in [-0.05, 0) is 30.9 Å². The molecule has 0 bridgehead atoms. The molecule has 0 saturated heterocycles. The molecule has 4 heteroatoms. The van der Waals surface area contributed by atoms with E-state index in [1.807, 2.05) is 19.2 Å². The van der Waals surface area contributed by atoms with Crippen molar-refractivity contribution in [3.63, 3.8) is 0 Å². The van der Waals surface area contributed by atoms with Crippen LogP contribution in [0.2, 0.25) is 0 Å². The average Bonchev–Trinajstić information content (AvgIpc) is 3.32. The van der Waals surface area contributed by atoms with E-state index < -0.39 is 0 Å². The lowest BCUT2D eigenvalue weighted by atomic mass is 10.1. The van der Waals surface area contributed by atoms with Crippen molar-refractivity contribution in [2.45, 2.75) is 32.1 Å². The van der Waals surface area contributed by atoms with Crippen LogP contribution in [0, 0.1) is 0 Å². The molecule has 1 fully saturated rings. The summed E-state index contributed by atoms with van der Waals surface area (Å²) < 4.78 is 0. The molecule has 2 N–H and O–H groups in total. The monoisotopic (exact) mass is 268 g/mol. The van der Waals surface area contributed by atoms with Gasteiger partial charge in [-0.25, -0.2) is 9.97 Å². The van der Waals surface area contributed by atoms with Gasteiger partial charge < -0.3 is 10.6 Å². The number of nitrogens with zero attached hydrogens (tertiary/aromatic N) is 2. The minimum Gasteiger partial charge on any atom is -0.373 e. The Labute approximate surface area is 119 Å². The molecule has 1 aliphatic carbocycles. The van der Waals surface area contributed by atoms with Crippen LogP contribution in [0.1, 0.15) is 37.1 Å². The quantitative estimate of drug-likeness (QED) is 0.868. The summed E-state index contributed by atoms with van der Waals surface area (Å²) in [4.78, 5) is 9.19. The van der Waals surface area contributed by atoms with Crippen molar-refractivity contribution in [3.05, 3.63) is 41.7 Å². The van der Waals surface area contributed by atoms with Crippen molar-refractivity contribution in [1.82, 2.24) is 9.97 Å². The first-order chi connectivity index (χ1) is 9.80. The first kappa shape index (κ1) is 12.9. The normalized spacial score (nSPS) is 14.1. The average molecular weight is 268 g/mol. The van der Waals surface area contributed by atoms with Crippen LogP contribution in [-0.2, 0) is 6.42 Å². The van der Waals surface area contributed by atoms with Gasteiger partial charge in [0.1, 0.15) is 17.5 Å². The molecule has 4 nitrogen and oxygen atoms in total. The summed E-state index contributed by atoms with van der Waals surface area (Å²) in [6.45, 7) is 2.16. The Balaban J connectivity index is 1.91. The van der Waals surface area contributed by atoms with Gasteiger partial charge in [-0.15, -0.1) is 0 Å². The second-order valence-electron chi connectivity index (χ2n) is 5.16. The van der Waals surface area contributed by atoms with E-state index in [0.717, 1.165) is 29.6 Å². The Morgan fingerprint density at radius 1 is 1.15 bits per heavy atom. The van der Waals surface area contributed by atoms with E-state index >= 15 is 0 Å². The highest BCUT2D eigenvalue weighted by molar-refractivity contribution is 5.62. The maximum Gasteiger partial charge on any atom is 0.136 e. The van der Waals surface area contributed by atoms with Crippen LogP contribution in [0.15, 0.2) is 30.3 Å². The molecule has 1 aromatic carbocycles. The maximum absolute atomic E-state index is 4.65. The third-order valence-corrected chi connectivity index (χ3v) is 3.60. The van der Waals surface area contributed by atoms with Crippen LogP contribution in [-0.4, -0.2) is 17.0 Å². The number of nitrogens with one attached hydrogen (secondary N) is 2. The van der Waals surface area contributed by atoms with Gasteiger partial charge in [-0.3, -0.25) is 0 Å². The lowest BCUT2D eigenvalue weighted by Crippen LogP contribution is -2.04. The van der Waals surface area contributed by atoms with E-state index in [0.29, 0.717) is 5.92 Å². The lowest BCUT2D eigenvalue weighted by Gasteiger charge is -2.12. The number of hydrogen-bond acceptors (Lipinski definition) is 4. The van der Waals surface area contributed by atoms with Crippen LogP contribution >= 0.6 is 0 Å². The smallest absolute Gasteiger partial charge is 0.136 e. The van der Waals surface area contributed by atoms with E-state index in [1.165, 1.54) is 18.4 Å². The molecule has 0 unspecified atom stereocenters. The number of benzene rings is 1. The first-order valence-corrected chi connectivity index (χ1v) is 7.21. The molecular formula is C16H20N4. The standard InChI is InChI=1S/C16H20N4/c1-3-11-6-4-5-7-13(11)18-15-10-14(17-2)19-16(20-15)12-8-9-12/h4-7,10,12H,3,8-9H2,1-2H3,(H2,17,18,19,20). The number of hydrogen-bond donors (Lipinski definition) is 2. The number of rotatable bonds is 5. The fourth-order valence-electron chi connectivity index (χ4n) is 2.27. The zero-order valence-corrected chi connectivity index (χ0v) is 12.0. The fourth-order valence-corrected chi connectivity index (χ4v) is 2.27. The topological polar surface area (TPSA) is 49.8 Å². The van der Waals surface area contributed by atoms with Gasteiger partial charge in [0.05, 0.1) is 0 Å². The van der Waals surface area contributed by atoms with Crippen molar-refractivity contribution in [2.75, 3.05) is 17.7 Å². The Kier molecular flexibility index (Phi) is 3.54. The molecule has 0 aliphatic heterocycles. The summed E-state index contributed by atoms with van der Waals surface area (Å²) in [5, 5.41) is 6.54. The number of para-hydroxylation sites is 1. The molecule has 20 heavy (non-hydrogen) atoms. The van der Waals surface area contributed by atoms with Gasteiger partial charge in [-0.1, -0.05) is 25.1 Å². The van der Waals surface area contributed by atoms with Gasteiger partial charge in [0.15, 0.2) is 0 Å². The molecule has 0 radical (unpaired) electrons. The minimum absolute atomic E-state index is 0.547. The van der Waals surface area contributed by atoms with Crippen molar-refractivity contribution < 1.29 is 0 Å². The van der Waals surface area contributed by atoms with E-state index in [1.54, 1.807) is 0 Å². The molecule has 1 aromatic heterocycles. The zero-order chi connectivity index (χ0) is 13.9. The molecule has 1 aliphatic rings. The lowest BCUT2D eigenvalue weighted by molar-refractivity contribution is 0.932. The summed E-state index contributed by atoms with van der Waals surface area (Å²) >= 11 is 0. The Hall–Kier alpha value is -2.10. The van der Waals surface area contributed by atoms with Crippen LogP contribution < -0.4 is 10.6 Å². The fraction of sp³-hybridized carbons (Fsp3) is 0.375. The molecule has 0 atom stereocenters. The molecule has 1 saturated carbocycles. The van der Waals surface area contributed by atoms with E-state index in [-0.39, 0.29) is 0 Å². The van der Waals surface area contributed by atoms with Crippen LogP contribution in [0.3, 0.4) is 0 Å². The van der Waals surface area contributed by atoms with Gasteiger partial charge in [0.25, 0.3) is 0 Å². The summed E-state index contributed by atoms with van der Waals surface area (Å²) in [6.07, 6.45) is 3.42. The van der Waals surface area contributed by atoms with Crippen molar-refractivity contribution in [3.8, 4) is 0 Å². The summed E-state index contributed by atoms with van der Waals surface area (Å²) in [7, 11) is 1.89. The molecule has 0 spiro atoms. The van der Waals surface area contributed by atoms with Gasteiger partial charge in [-0.2, -0.15) is 0 Å². The van der Waals surface area contributed by atoms with Crippen molar-refractivity contribution >= 4 is 17.3 Å². The van der Waals surface area contributed by atoms with E-state index in [4.69, 9.17) is 0 Å². The largest absolute Gasteiger partial charge is 0.373 e. The molecule has 0 amide bonds. The Morgan fingerprint density at radius 3 is 2.60 bits per heavy atom. The summed E-state index contributed by atoms with van der Waals surface area (Å²) in [5.74, 6) is 3.24. The predicted molar refractivity (Wildman–Crippen MR) is 82.7 cm³/mol. The molecule has 2 aromatic rings. The zero-order valence-electron chi connectivity index (χ0n) is 12.0. The van der Waals surface area contributed by atoms with Gasteiger partial charge in [0.2, 0.25) is 0 Å². The summed E-state index contributed by atoms with van der Waals surface area (Å²) in [6, 6.07) is 10.3. The van der Waals surface area contributed by atoms with Crippen LogP contribution in [0.4, 0.5) is 17.3 Å². The van der Waals surface area contributed by atoms with Gasteiger partial charge in [0, 0.05) is 24.7 Å². The SMILES string of the molecule is CCc1ccccc1Nc1cc(NC)nc(C2CC2)n1. The number of anilines is 3. The highest BCUT2D eigenvalue weighted by Gasteiger charge is 2.27.